The molecule has 0 unspecified atom stereocenters. The predicted octanol–water partition coefficient (Wildman–Crippen LogP) is 2.61. The minimum Gasteiger partial charge on any atom is -0.465 e. The van der Waals surface area contributed by atoms with Crippen LogP contribution in [0.2, 0.25) is 0 Å². The number of piperidine rings is 1. The highest BCUT2D eigenvalue weighted by molar-refractivity contribution is 5.68. The molecule has 10 heteroatoms. The highest BCUT2D eigenvalue weighted by Crippen LogP contribution is 2.50. The van der Waals surface area contributed by atoms with Gasteiger partial charge in [0.25, 0.3) is 0 Å². The van der Waals surface area contributed by atoms with Crippen LogP contribution in [-0.4, -0.2) is 90.1 Å². The third kappa shape index (κ3) is 4.41. The van der Waals surface area contributed by atoms with Crippen molar-refractivity contribution in [3.05, 3.63) is 0 Å². The number of hydrogen-bond donors (Lipinski definition) is 1. The minimum atomic E-state index is -4.45. The second kappa shape index (κ2) is 7.37. The van der Waals surface area contributed by atoms with Crippen LogP contribution >= 0.6 is 0 Å². The van der Waals surface area contributed by atoms with Crippen molar-refractivity contribution in [2.24, 2.45) is 5.41 Å². The lowest BCUT2D eigenvalue weighted by atomic mass is 9.64. The van der Waals surface area contributed by atoms with E-state index in [-0.39, 0.29) is 5.41 Å². The van der Waals surface area contributed by atoms with E-state index in [2.05, 4.69) is 9.64 Å². The maximum absolute atomic E-state index is 12.8. The molecule has 0 aromatic heterocycles. The summed E-state index contributed by atoms with van der Waals surface area (Å²) in [7, 11) is 1.09. The van der Waals surface area contributed by atoms with Gasteiger partial charge in [-0.1, -0.05) is 0 Å². The van der Waals surface area contributed by atoms with Gasteiger partial charge in [-0.3, -0.25) is 4.90 Å². The number of likely N-dealkylation sites (tertiary alicyclic amines) is 2. The molecule has 1 aliphatic carbocycles. The number of halogens is 3. The molecule has 7 nitrogen and oxygen atoms in total. The molecule has 3 fully saturated rings. The number of amides is 2. The summed E-state index contributed by atoms with van der Waals surface area (Å²) >= 11 is 0. The van der Waals surface area contributed by atoms with E-state index in [1.165, 1.54) is 4.90 Å². The zero-order chi connectivity index (χ0) is 19.8. The number of rotatable bonds is 3. The summed E-state index contributed by atoms with van der Waals surface area (Å²) in [5, 5.41) is 9.10. The zero-order valence-electron chi connectivity index (χ0n) is 15.4. The van der Waals surface area contributed by atoms with Gasteiger partial charge in [-0.05, 0) is 37.5 Å². The number of nitrogens with zero attached hydrogens (tertiary/aromatic N) is 3. The molecule has 3 rings (SSSR count). The highest BCUT2D eigenvalue weighted by Gasteiger charge is 2.51. The van der Waals surface area contributed by atoms with Gasteiger partial charge in [0.2, 0.25) is 0 Å². The number of carbonyl (C=O) groups is 2. The van der Waals surface area contributed by atoms with Gasteiger partial charge in [0.05, 0.1) is 7.11 Å². The van der Waals surface area contributed by atoms with Crippen LogP contribution in [0.4, 0.5) is 22.8 Å². The average molecular weight is 393 g/mol. The summed E-state index contributed by atoms with van der Waals surface area (Å²) in [6.07, 6.45) is -2.55. The number of ether oxygens (including phenoxy) is 1. The monoisotopic (exact) mass is 393 g/mol. The third-order valence-corrected chi connectivity index (χ3v) is 6.26. The van der Waals surface area contributed by atoms with Crippen LogP contribution < -0.4 is 0 Å². The fraction of sp³-hybridized carbons (Fsp3) is 0.882. The Morgan fingerprint density at radius 3 is 2.33 bits per heavy atom. The van der Waals surface area contributed by atoms with E-state index in [1.54, 1.807) is 0 Å². The normalized spacial score (nSPS) is 29.6. The third-order valence-electron chi connectivity index (χ3n) is 6.26. The Bertz CT molecular complexity index is 572. The van der Waals surface area contributed by atoms with Gasteiger partial charge in [-0.15, -0.1) is 0 Å². The highest BCUT2D eigenvalue weighted by atomic mass is 19.4. The molecule has 0 aromatic rings. The summed E-state index contributed by atoms with van der Waals surface area (Å²) in [5.41, 5.74) is 0.0776. The van der Waals surface area contributed by atoms with Gasteiger partial charge in [-0.25, -0.2) is 9.59 Å². The maximum Gasteiger partial charge on any atom is 0.410 e. The topological polar surface area (TPSA) is 73.3 Å². The Labute approximate surface area is 156 Å². The van der Waals surface area contributed by atoms with Gasteiger partial charge >= 0.3 is 18.4 Å². The molecule has 0 radical (unpaired) electrons. The van der Waals surface area contributed by atoms with E-state index in [9.17, 15) is 22.8 Å². The lowest BCUT2D eigenvalue weighted by molar-refractivity contribution is -0.148. The van der Waals surface area contributed by atoms with E-state index in [4.69, 9.17) is 5.11 Å². The quantitative estimate of drug-likeness (QED) is 0.798. The Kier molecular flexibility index (Phi) is 5.47. The molecule has 0 aromatic carbocycles. The van der Waals surface area contributed by atoms with Gasteiger partial charge in [-0.2, -0.15) is 13.2 Å². The smallest absolute Gasteiger partial charge is 0.410 e. The van der Waals surface area contributed by atoms with Crippen molar-refractivity contribution in [2.75, 3.05) is 39.8 Å². The van der Waals surface area contributed by atoms with Gasteiger partial charge in [0.15, 0.2) is 0 Å². The molecule has 2 saturated heterocycles. The molecular weight excluding hydrogens is 367 g/mol. The van der Waals surface area contributed by atoms with Crippen molar-refractivity contribution in [3.63, 3.8) is 0 Å². The van der Waals surface area contributed by atoms with Crippen LogP contribution in [0.1, 0.15) is 32.1 Å². The van der Waals surface area contributed by atoms with Crippen LogP contribution in [0.5, 0.6) is 0 Å². The van der Waals surface area contributed by atoms with E-state index < -0.39 is 30.9 Å². The molecule has 1 spiro atoms. The molecule has 2 heterocycles. The van der Waals surface area contributed by atoms with Gasteiger partial charge in [0, 0.05) is 38.3 Å². The van der Waals surface area contributed by atoms with E-state index >= 15 is 0 Å². The fourth-order valence-corrected chi connectivity index (χ4v) is 4.85. The van der Waals surface area contributed by atoms with E-state index in [0.29, 0.717) is 45.1 Å². The number of hydrogen-bond acceptors (Lipinski definition) is 4. The Balaban J connectivity index is 1.49. The zero-order valence-corrected chi connectivity index (χ0v) is 15.4. The van der Waals surface area contributed by atoms with Gasteiger partial charge < -0.3 is 19.6 Å². The first kappa shape index (κ1) is 20.0. The maximum atomic E-state index is 12.8. The van der Waals surface area contributed by atoms with Crippen molar-refractivity contribution in [3.8, 4) is 0 Å². The van der Waals surface area contributed by atoms with Crippen LogP contribution in [0.3, 0.4) is 0 Å². The van der Waals surface area contributed by atoms with E-state index in [0.717, 1.165) is 31.3 Å². The molecule has 0 atom stereocenters. The molecule has 154 valence electrons. The molecule has 2 amide bonds. The number of methoxy groups -OCH3 is 1. The second-order valence-electron chi connectivity index (χ2n) is 8.00. The summed E-state index contributed by atoms with van der Waals surface area (Å²) in [6, 6.07) is -0.118. The first-order chi connectivity index (χ1) is 12.6. The number of carboxylic acid groups (broad SMARTS) is 1. The molecule has 3 aliphatic rings. The summed E-state index contributed by atoms with van der Waals surface area (Å²) < 4.78 is 42.9. The Morgan fingerprint density at radius 1 is 1.22 bits per heavy atom. The average Bonchev–Trinajstić information content (AvgIpc) is 3.03. The van der Waals surface area contributed by atoms with Crippen LogP contribution in [-0.2, 0) is 4.74 Å². The number of alkyl halides is 3. The lowest BCUT2D eigenvalue weighted by Crippen LogP contribution is -2.57. The van der Waals surface area contributed by atoms with Crippen molar-refractivity contribution in [1.82, 2.24) is 14.7 Å². The predicted molar refractivity (Wildman–Crippen MR) is 89.4 cm³/mol. The molecule has 1 N–H and O–H groups in total. The summed E-state index contributed by atoms with van der Waals surface area (Å²) in [5.74, 6) is 0. The standard InChI is InChI=1S/C17H26F3N3O4/c1-27-15(26)23(11-17(18,19)20)12-2-5-21(6-3-12)13-8-16(9-13)4-7-22(10-16)14(24)25/h12-13H,2-11H2,1H3,(H,24,25). The Morgan fingerprint density at radius 2 is 1.85 bits per heavy atom. The van der Waals surface area contributed by atoms with Crippen LogP contribution in [0.15, 0.2) is 0 Å². The number of carbonyl (C=O) groups excluding carboxylic acids is 1. The van der Waals surface area contributed by atoms with Crippen LogP contribution in [0, 0.1) is 5.41 Å². The van der Waals surface area contributed by atoms with Crippen molar-refractivity contribution in [1.29, 1.82) is 0 Å². The summed E-state index contributed by atoms with van der Waals surface area (Å²) in [6.45, 7) is 1.15. The Hall–Kier alpha value is -1.71. The molecular formula is C17H26F3N3O4. The summed E-state index contributed by atoms with van der Waals surface area (Å²) in [4.78, 5) is 27.4. The molecule has 1 saturated carbocycles. The van der Waals surface area contributed by atoms with Crippen molar-refractivity contribution >= 4 is 12.2 Å². The molecule has 27 heavy (non-hydrogen) atoms. The van der Waals surface area contributed by atoms with Crippen molar-refractivity contribution in [2.45, 2.75) is 50.4 Å². The molecule has 2 aliphatic heterocycles. The first-order valence-corrected chi connectivity index (χ1v) is 9.26. The van der Waals surface area contributed by atoms with Crippen molar-refractivity contribution < 1.29 is 32.6 Å². The van der Waals surface area contributed by atoms with Gasteiger partial charge in [0.1, 0.15) is 6.54 Å². The largest absolute Gasteiger partial charge is 0.465 e. The lowest BCUT2D eigenvalue weighted by Gasteiger charge is -2.52. The van der Waals surface area contributed by atoms with E-state index in [1.807, 2.05) is 0 Å². The van der Waals surface area contributed by atoms with Crippen LogP contribution in [0.25, 0.3) is 0 Å². The minimum absolute atomic E-state index is 0.0776. The second-order valence-corrected chi connectivity index (χ2v) is 8.00. The fourth-order valence-electron chi connectivity index (χ4n) is 4.85. The SMILES string of the molecule is COC(=O)N(CC(F)(F)F)C1CCN(C2CC3(CCN(C(=O)O)C3)C2)CC1. The first-order valence-electron chi connectivity index (χ1n) is 9.26. The molecule has 0 bridgehead atoms.